The van der Waals surface area contributed by atoms with E-state index in [2.05, 4.69) is 19.2 Å². The molecule has 1 amide bonds. The summed E-state index contributed by atoms with van der Waals surface area (Å²) < 4.78 is 28.2. The number of hydrogen-bond donors (Lipinski definition) is 1. The normalized spacial score (nSPS) is 14.9. The molecule has 1 aliphatic rings. The van der Waals surface area contributed by atoms with E-state index in [0.717, 1.165) is 12.0 Å². The first-order valence-corrected chi connectivity index (χ1v) is 12.4. The molecule has 0 saturated carbocycles. The molecule has 0 spiro atoms. The van der Waals surface area contributed by atoms with E-state index < -0.39 is 10.0 Å². The summed E-state index contributed by atoms with van der Waals surface area (Å²) in [6, 6.07) is 14.1. The van der Waals surface area contributed by atoms with Crippen molar-refractivity contribution in [2.45, 2.75) is 31.7 Å². The predicted octanol–water partition coefficient (Wildman–Crippen LogP) is 3.16. The summed E-state index contributed by atoms with van der Waals surface area (Å²) in [5.41, 5.74) is 1.75. The number of nitrogens with one attached hydrogen (secondary N) is 1. The highest BCUT2D eigenvalue weighted by Gasteiger charge is 2.29. The third-order valence-corrected chi connectivity index (χ3v) is 7.47. The molecule has 0 atom stereocenters. The number of halogens is 1. The Morgan fingerprint density at radius 1 is 1.10 bits per heavy atom. The first-order chi connectivity index (χ1) is 14.8. The minimum atomic E-state index is -3.88. The Labute approximate surface area is 190 Å². The van der Waals surface area contributed by atoms with Crippen LogP contribution in [0.15, 0.2) is 53.4 Å². The Kier molecular flexibility index (Phi) is 8.11. The molecule has 0 bridgehead atoms. The van der Waals surface area contributed by atoms with Crippen molar-refractivity contribution in [3.8, 4) is 0 Å². The first-order valence-electron chi connectivity index (χ1n) is 10.6. The van der Waals surface area contributed by atoms with E-state index in [1.165, 1.54) is 4.31 Å². The van der Waals surface area contributed by atoms with Crippen molar-refractivity contribution in [3.05, 3.63) is 64.7 Å². The average molecular weight is 464 g/mol. The lowest BCUT2D eigenvalue weighted by atomic mass is 10.0. The van der Waals surface area contributed by atoms with E-state index in [9.17, 15) is 13.2 Å². The van der Waals surface area contributed by atoms with Gasteiger partial charge < -0.3 is 10.2 Å². The summed E-state index contributed by atoms with van der Waals surface area (Å²) in [6.07, 6.45) is 0.880. The zero-order valence-corrected chi connectivity index (χ0v) is 19.6. The van der Waals surface area contributed by atoms with Crippen LogP contribution in [0.25, 0.3) is 0 Å². The number of rotatable bonds is 8. The lowest BCUT2D eigenvalue weighted by Crippen LogP contribution is -2.50. The van der Waals surface area contributed by atoms with Crippen LogP contribution in [0.3, 0.4) is 0 Å². The van der Waals surface area contributed by atoms with Crippen molar-refractivity contribution in [2.75, 3.05) is 32.7 Å². The van der Waals surface area contributed by atoms with Crippen LogP contribution in [0.4, 0.5) is 0 Å². The maximum absolute atomic E-state index is 13.5. The van der Waals surface area contributed by atoms with E-state index in [0.29, 0.717) is 42.7 Å². The number of hydrogen-bond acceptors (Lipinski definition) is 4. The molecule has 0 aromatic heterocycles. The van der Waals surface area contributed by atoms with Crippen LogP contribution in [0.5, 0.6) is 0 Å². The van der Waals surface area contributed by atoms with Gasteiger partial charge in [0.1, 0.15) is 0 Å². The predicted molar refractivity (Wildman–Crippen MR) is 123 cm³/mol. The number of nitrogens with zero attached hydrogens (tertiary/aromatic N) is 2. The number of piperazine rings is 1. The molecule has 1 aliphatic heterocycles. The molecule has 1 N–H and O–H groups in total. The van der Waals surface area contributed by atoms with Crippen molar-refractivity contribution in [1.82, 2.24) is 14.5 Å². The molecule has 1 saturated heterocycles. The fourth-order valence-electron chi connectivity index (χ4n) is 3.63. The van der Waals surface area contributed by atoms with Gasteiger partial charge in [0.2, 0.25) is 15.9 Å². The quantitative estimate of drug-likeness (QED) is 0.652. The summed E-state index contributed by atoms with van der Waals surface area (Å²) in [5, 5.41) is 3.68. The highest BCUT2D eigenvalue weighted by molar-refractivity contribution is 7.89. The first kappa shape index (κ1) is 23.7. The summed E-state index contributed by atoms with van der Waals surface area (Å²) >= 11 is 6.29. The largest absolute Gasteiger partial charge is 0.339 e. The topological polar surface area (TPSA) is 69.7 Å². The molecule has 0 unspecified atom stereocenters. The molecule has 2 aromatic carbocycles. The maximum atomic E-state index is 13.5. The standard InChI is InChI=1S/C23H30ClN3O3S/c1-18(2)15-19-7-9-21(10-8-19)31(29,30)27(16-20-5-3-4-6-22(20)24)17-23(28)26-13-11-25-12-14-26/h3-10,18,25H,11-17H2,1-2H3. The second kappa shape index (κ2) is 10.6. The molecule has 0 radical (unpaired) electrons. The molecule has 1 heterocycles. The van der Waals surface area contributed by atoms with Gasteiger partial charge in [-0.1, -0.05) is 55.8 Å². The second-order valence-electron chi connectivity index (χ2n) is 8.24. The van der Waals surface area contributed by atoms with E-state index in [4.69, 9.17) is 11.6 Å². The summed E-state index contributed by atoms with van der Waals surface area (Å²) in [7, 11) is -3.88. The fraction of sp³-hybridized carbons (Fsp3) is 0.435. The number of amides is 1. The summed E-state index contributed by atoms with van der Waals surface area (Å²) in [6.45, 7) is 6.62. The number of benzene rings is 2. The van der Waals surface area contributed by atoms with Crippen LogP contribution in [0.1, 0.15) is 25.0 Å². The van der Waals surface area contributed by atoms with Crippen LogP contribution in [-0.2, 0) is 27.8 Å². The van der Waals surface area contributed by atoms with Crippen LogP contribution >= 0.6 is 11.6 Å². The average Bonchev–Trinajstić information content (AvgIpc) is 2.75. The van der Waals surface area contributed by atoms with Gasteiger partial charge in [0.05, 0.1) is 11.4 Å². The summed E-state index contributed by atoms with van der Waals surface area (Å²) in [4.78, 5) is 14.8. The number of sulfonamides is 1. The zero-order chi connectivity index (χ0) is 22.4. The van der Waals surface area contributed by atoms with Crippen molar-refractivity contribution in [1.29, 1.82) is 0 Å². The molecule has 3 rings (SSSR count). The zero-order valence-electron chi connectivity index (χ0n) is 18.1. The van der Waals surface area contributed by atoms with Gasteiger partial charge in [0, 0.05) is 37.7 Å². The minimum Gasteiger partial charge on any atom is -0.339 e. The molecule has 31 heavy (non-hydrogen) atoms. The van der Waals surface area contributed by atoms with Gasteiger partial charge in [0.15, 0.2) is 0 Å². The van der Waals surface area contributed by atoms with Gasteiger partial charge >= 0.3 is 0 Å². The fourth-order valence-corrected chi connectivity index (χ4v) is 5.19. The van der Waals surface area contributed by atoms with Gasteiger partial charge in [-0.25, -0.2) is 8.42 Å². The van der Waals surface area contributed by atoms with Gasteiger partial charge in [-0.3, -0.25) is 4.79 Å². The van der Waals surface area contributed by atoms with E-state index in [1.54, 1.807) is 35.2 Å². The molecule has 1 fully saturated rings. The number of carbonyl (C=O) groups is 1. The Hall–Kier alpha value is -1.93. The van der Waals surface area contributed by atoms with Crippen molar-refractivity contribution in [3.63, 3.8) is 0 Å². The van der Waals surface area contributed by atoms with Crippen LogP contribution in [0, 0.1) is 5.92 Å². The lowest BCUT2D eigenvalue weighted by molar-refractivity contribution is -0.132. The molecule has 8 heteroatoms. The Balaban J connectivity index is 1.88. The van der Waals surface area contributed by atoms with Crippen LogP contribution < -0.4 is 5.32 Å². The van der Waals surface area contributed by atoms with Gasteiger partial charge in [-0.2, -0.15) is 4.31 Å². The van der Waals surface area contributed by atoms with Crippen molar-refractivity contribution in [2.24, 2.45) is 5.92 Å². The molecule has 0 aliphatic carbocycles. The van der Waals surface area contributed by atoms with Crippen molar-refractivity contribution >= 4 is 27.5 Å². The van der Waals surface area contributed by atoms with Gasteiger partial charge in [-0.15, -0.1) is 0 Å². The minimum absolute atomic E-state index is 0.0353. The summed E-state index contributed by atoms with van der Waals surface area (Å²) in [5.74, 6) is 0.282. The lowest BCUT2D eigenvalue weighted by Gasteiger charge is -2.30. The van der Waals surface area contributed by atoms with Gasteiger partial charge in [0.25, 0.3) is 0 Å². The second-order valence-corrected chi connectivity index (χ2v) is 10.6. The highest BCUT2D eigenvalue weighted by atomic mass is 35.5. The van der Waals surface area contributed by atoms with E-state index in [-0.39, 0.29) is 23.9 Å². The molecule has 168 valence electrons. The Morgan fingerprint density at radius 3 is 2.35 bits per heavy atom. The maximum Gasteiger partial charge on any atom is 0.243 e. The monoisotopic (exact) mass is 463 g/mol. The Morgan fingerprint density at radius 2 is 1.74 bits per heavy atom. The SMILES string of the molecule is CC(C)Cc1ccc(S(=O)(=O)N(CC(=O)N2CCNCC2)Cc2ccccc2Cl)cc1. The molecular weight excluding hydrogens is 434 g/mol. The third-order valence-electron chi connectivity index (χ3n) is 5.29. The Bertz CT molecular complexity index is 987. The van der Waals surface area contributed by atoms with Gasteiger partial charge in [-0.05, 0) is 41.7 Å². The van der Waals surface area contributed by atoms with Crippen molar-refractivity contribution < 1.29 is 13.2 Å². The van der Waals surface area contributed by atoms with Crippen LogP contribution in [-0.4, -0.2) is 56.3 Å². The molecule has 6 nitrogen and oxygen atoms in total. The smallest absolute Gasteiger partial charge is 0.243 e. The molecular formula is C23H30ClN3O3S. The van der Waals surface area contributed by atoms with E-state index >= 15 is 0 Å². The number of carbonyl (C=O) groups excluding carboxylic acids is 1. The van der Waals surface area contributed by atoms with E-state index in [1.807, 2.05) is 18.2 Å². The molecule has 2 aromatic rings. The third kappa shape index (κ3) is 6.29. The highest BCUT2D eigenvalue weighted by Crippen LogP contribution is 2.23. The van der Waals surface area contributed by atoms with Crippen LogP contribution in [0.2, 0.25) is 5.02 Å².